The molecule has 120 valence electrons. The predicted molar refractivity (Wildman–Crippen MR) is 79.7 cm³/mol. The van der Waals surface area contributed by atoms with Gasteiger partial charge in [0.05, 0.1) is 12.0 Å². The number of rotatable bonds is 3. The third-order valence-electron chi connectivity index (χ3n) is 3.85. The maximum absolute atomic E-state index is 12.2. The van der Waals surface area contributed by atoms with Crippen molar-refractivity contribution >= 4 is 11.7 Å². The summed E-state index contributed by atoms with van der Waals surface area (Å²) in [5, 5.41) is 11.4. The van der Waals surface area contributed by atoms with Crippen molar-refractivity contribution in [3.05, 3.63) is 33.4 Å². The topological polar surface area (TPSA) is 105 Å². The number of aryl methyl sites for hydroxylation is 1. The zero-order chi connectivity index (χ0) is 16.7. The molecule has 0 aromatic heterocycles. The van der Waals surface area contributed by atoms with Crippen LogP contribution in [0.15, 0.2) is 12.1 Å². The first kappa shape index (κ1) is 16.2. The second kappa shape index (κ2) is 5.24. The Hall–Kier alpha value is -2.15. The lowest BCUT2D eigenvalue weighted by atomic mass is 9.77. The molecular weight excluding hydrogens is 288 g/mol. The maximum Gasteiger partial charge on any atom is 0.330 e. The van der Waals surface area contributed by atoms with E-state index in [4.69, 9.17) is 15.2 Å². The van der Waals surface area contributed by atoms with Crippen molar-refractivity contribution in [1.82, 2.24) is 0 Å². The van der Waals surface area contributed by atoms with Crippen molar-refractivity contribution in [1.29, 1.82) is 0 Å². The standard InChI is InChI=1S/C15H20N2O5/c1-5-9-6-10-12(11(7-9)17(19)20)22-14(2,3)8-15(10,16)13(18)21-4/h6-7H,5,8,16H2,1-4H3. The summed E-state index contributed by atoms with van der Waals surface area (Å²) in [4.78, 5) is 23.1. The third-order valence-corrected chi connectivity index (χ3v) is 3.85. The fourth-order valence-electron chi connectivity index (χ4n) is 2.89. The Bertz CT molecular complexity index is 641. The van der Waals surface area contributed by atoms with Gasteiger partial charge in [-0.1, -0.05) is 6.92 Å². The summed E-state index contributed by atoms with van der Waals surface area (Å²) in [6.45, 7) is 5.34. The minimum absolute atomic E-state index is 0.0475. The second-order valence-electron chi connectivity index (χ2n) is 6.10. The van der Waals surface area contributed by atoms with Crippen molar-refractivity contribution < 1.29 is 19.2 Å². The van der Waals surface area contributed by atoms with Crippen molar-refractivity contribution in [2.24, 2.45) is 5.73 Å². The van der Waals surface area contributed by atoms with E-state index in [9.17, 15) is 14.9 Å². The van der Waals surface area contributed by atoms with E-state index in [1.165, 1.54) is 13.2 Å². The Kier molecular flexibility index (Phi) is 3.87. The Morgan fingerprint density at radius 3 is 2.64 bits per heavy atom. The van der Waals surface area contributed by atoms with Gasteiger partial charge in [0, 0.05) is 18.1 Å². The normalized spacial score (nSPS) is 22.4. The van der Waals surface area contributed by atoms with Crippen LogP contribution in [0.3, 0.4) is 0 Å². The fraction of sp³-hybridized carbons (Fsp3) is 0.533. The van der Waals surface area contributed by atoms with Gasteiger partial charge in [-0.2, -0.15) is 0 Å². The van der Waals surface area contributed by atoms with Gasteiger partial charge in [0.15, 0.2) is 0 Å². The number of esters is 1. The third kappa shape index (κ3) is 2.52. The molecule has 2 rings (SSSR count). The molecule has 1 aliphatic heterocycles. The van der Waals surface area contributed by atoms with Gasteiger partial charge in [-0.25, -0.2) is 4.79 Å². The van der Waals surface area contributed by atoms with Crippen LogP contribution in [0, 0.1) is 10.1 Å². The average Bonchev–Trinajstić information content (AvgIpc) is 2.44. The molecule has 0 saturated heterocycles. The molecule has 0 bridgehead atoms. The quantitative estimate of drug-likeness (QED) is 0.520. The molecule has 22 heavy (non-hydrogen) atoms. The van der Waals surface area contributed by atoms with Crippen LogP contribution >= 0.6 is 0 Å². The summed E-state index contributed by atoms with van der Waals surface area (Å²) in [5.41, 5.74) is 4.87. The number of nitro groups is 1. The van der Waals surface area contributed by atoms with Crippen molar-refractivity contribution in [3.8, 4) is 5.75 Å². The first-order valence-electron chi connectivity index (χ1n) is 7.02. The Labute approximate surface area is 128 Å². The van der Waals surface area contributed by atoms with E-state index in [0.29, 0.717) is 17.5 Å². The van der Waals surface area contributed by atoms with Crippen molar-refractivity contribution in [2.75, 3.05) is 7.11 Å². The van der Waals surface area contributed by atoms with E-state index in [2.05, 4.69) is 0 Å². The molecule has 1 aromatic carbocycles. The number of hydrogen-bond acceptors (Lipinski definition) is 6. The van der Waals surface area contributed by atoms with Crippen LogP contribution in [0.1, 0.15) is 38.3 Å². The van der Waals surface area contributed by atoms with Gasteiger partial charge >= 0.3 is 11.7 Å². The number of nitro benzene ring substituents is 1. The highest BCUT2D eigenvalue weighted by molar-refractivity contribution is 5.85. The van der Waals surface area contributed by atoms with E-state index in [1.807, 2.05) is 6.92 Å². The Morgan fingerprint density at radius 2 is 2.14 bits per heavy atom. The number of hydrogen-bond donors (Lipinski definition) is 1. The minimum Gasteiger partial charge on any atom is -0.480 e. The van der Waals surface area contributed by atoms with Crippen LogP contribution < -0.4 is 10.5 Å². The van der Waals surface area contributed by atoms with E-state index >= 15 is 0 Å². The summed E-state index contributed by atoms with van der Waals surface area (Å²) in [7, 11) is 1.25. The zero-order valence-corrected chi connectivity index (χ0v) is 13.1. The zero-order valence-electron chi connectivity index (χ0n) is 13.1. The molecule has 0 aliphatic carbocycles. The van der Waals surface area contributed by atoms with Crippen LogP contribution in [0.5, 0.6) is 5.75 Å². The van der Waals surface area contributed by atoms with E-state index in [-0.39, 0.29) is 17.9 Å². The minimum atomic E-state index is -1.47. The highest BCUT2D eigenvalue weighted by atomic mass is 16.6. The van der Waals surface area contributed by atoms with E-state index < -0.39 is 22.0 Å². The van der Waals surface area contributed by atoms with Gasteiger partial charge in [-0.15, -0.1) is 0 Å². The van der Waals surface area contributed by atoms with Crippen LogP contribution in [-0.2, 0) is 21.5 Å². The van der Waals surface area contributed by atoms with E-state index in [1.54, 1.807) is 19.9 Å². The molecule has 0 radical (unpaired) electrons. The van der Waals surface area contributed by atoms with E-state index in [0.717, 1.165) is 0 Å². The summed E-state index contributed by atoms with van der Waals surface area (Å²) < 4.78 is 10.6. The van der Waals surface area contributed by atoms with Crippen LogP contribution in [0.4, 0.5) is 5.69 Å². The van der Waals surface area contributed by atoms with Crippen molar-refractivity contribution in [2.45, 2.75) is 44.8 Å². The monoisotopic (exact) mass is 308 g/mol. The number of nitrogens with two attached hydrogens (primary N) is 1. The molecule has 2 N–H and O–H groups in total. The molecule has 1 aromatic rings. The Balaban J connectivity index is 2.79. The fourth-order valence-corrected chi connectivity index (χ4v) is 2.89. The summed E-state index contributed by atoms with van der Waals surface area (Å²) in [6.07, 6.45) is 0.749. The lowest BCUT2D eigenvalue weighted by molar-refractivity contribution is -0.386. The van der Waals surface area contributed by atoms with Crippen molar-refractivity contribution in [3.63, 3.8) is 0 Å². The SMILES string of the molecule is CCc1cc([N+](=O)[O-])c2c(c1)C(N)(C(=O)OC)CC(C)(C)O2. The average molecular weight is 308 g/mol. The van der Waals surface area contributed by atoms with Crippen LogP contribution in [0.2, 0.25) is 0 Å². The smallest absolute Gasteiger partial charge is 0.330 e. The summed E-state index contributed by atoms with van der Waals surface area (Å²) in [6, 6.07) is 3.15. The van der Waals surface area contributed by atoms with Crippen LogP contribution in [0.25, 0.3) is 0 Å². The number of carbonyl (C=O) groups is 1. The largest absolute Gasteiger partial charge is 0.480 e. The number of carbonyl (C=O) groups excluding carboxylic acids is 1. The molecule has 0 fully saturated rings. The van der Waals surface area contributed by atoms with Gasteiger partial charge in [0.2, 0.25) is 5.75 Å². The number of ether oxygens (including phenoxy) is 2. The maximum atomic E-state index is 12.2. The summed E-state index contributed by atoms with van der Waals surface area (Å²) >= 11 is 0. The highest BCUT2D eigenvalue weighted by Crippen LogP contribution is 2.47. The van der Waals surface area contributed by atoms with Gasteiger partial charge in [-0.3, -0.25) is 10.1 Å². The number of methoxy groups -OCH3 is 1. The van der Waals surface area contributed by atoms with Gasteiger partial charge in [0.1, 0.15) is 11.1 Å². The number of benzene rings is 1. The molecule has 1 heterocycles. The lowest BCUT2D eigenvalue weighted by Gasteiger charge is -2.41. The molecule has 7 nitrogen and oxygen atoms in total. The Morgan fingerprint density at radius 1 is 1.50 bits per heavy atom. The number of fused-ring (bicyclic) bond motifs is 1. The predicted octanol–water partition coefficient (Wildman–Crippen LogP) is 2.05. The van der Waals surface area contributed by atoms with Gasteiger partial charge < -0.3 is 15.2 Å². The molecule has 1 unspecified atom stereocenters. The first-order chi connectivity index (χ1) is 10.1. The molecule has 0 saturated carbocycles. The van der Waals surface area contributed by atoms with Gasteiger partial charge in [-0.05, 0) is 31.9 Å². The molecule has 0 amide bonds. The van der Waals surface area contributed by atoms with Gasteiger partial charge in [0.25, 0.3) is 0 Å². The first-order valence-corrected chi connectivity index (χ1v) is 7.02. The molecule has 7 heteroatoms. The summed E-state index contributed by atoms with van der Waals surface area (Å²) in [5.74, 6) is -0.584. The molecular formula is C15H20N2O5. The molecule has 1 atom stereocenters. The highest BCUT2D eigenvalue weighted by Gasteiger charge is 2.51. The number of nitrogens with zero attached hydrogens (tertiary/aromatic N) is 1. The lowest BCUT2D eigenvalue weighted by Crippen LogP contribution is -2.55. The molecule has 0 spiro atoms. The molecule has 1 aliphatic rings. The second-order valence-corrected chi connectivity index (χ2v) is 6.10. The van der Waals surface area contributed by atoms with Crippen LogP contribution in [-0.4, -0.2) is 23.6 Å².